The first-order valence-corrected chi connectivity index (χ1v) is 9.42. The highest BCUT2D eigenvalue weighted by molar-refractivity contribution is 5.95. The summed E-state index contributed by atoms with van der Waals surface area (Å²) >= 11 is 0. The Kier molecular flexibility index (Phi) is 7.79. The number of carbonyl (C=O) groups excluding carboxylic acids is 3. The van der Waals surface area contributed by atoms with Gasteiger partial charge in [-0.2, -0.15) is 0 Å². The number of aryl methyl sites for hydroxylation is 1. The highest BCUT2D eigenvalue weighted by atomic mass is 16.5. The summed E-state index contributed by atoms with van der Waals surface area (Å²) in [5.41, 5.74) is 2.86. The SMILES string of the molecule is CCOC(=O)[C@H]1CCCN(CC(=O)NCC(=O)Nc2cccc(C)c2C)C1. The topological polar surface area (TPSA) is 87.7 Å². The van der Waals surface area contributed by atoms with Crippen molar-refractivity contribution in [2.75, 3.05) is 38.1 Å². The predicted octanol–water partition coefficient (Wildman–Crippen LogP) is 1.63. The number of benzene rings is 1. The van der Waals surface area contributed by atoms with Crippen LogP contribution in [-0.2, 0) is 19.1 Å². The van der Waals surface area contributed by atoms with Crippen molar-refractivity contribution in [3.05, 3.63) is 29.3 Å². The fourth-order valence-corrected chi connectivity index (χ4v) is 3.17. The van der Waals surface area contributed by atoms with Crippen LogP contribution in [-0.4, -0.2) is 55.5 Å². The highest BCUT2D eigenvalue weighted by Gasteiger charge is 2.27. The zero-order valence-electron chi connectivity index (χ0n) is 16.3. The Labute approximate surface area is 160 Å². The molecule has 2 rings (SSSR count). The molecule has 1 fully saturated rings. The average Bonchev–Trinajstić information content (AvgIpc) is 2.64. The van der Waals surface area contributed by atoms with E-state index >= 15 is 0 Å². The summed E-state index contributed by atoms with van der Waals surface area (Å²) in [7, 11) is 0. The second-order valence-electron chi connectivity index (χ2n) is 6.90. The van der Waals surface area contributed by atoms with E-state index < -0.39 is 0 Å². The Balaban J connectivity index is 1.76. The van der Waals surface area contributed by atoms with Crippen molar-refractivity contribution < 1.29 is 19.1 Å². The van der Waals surface area contributed by atoms with Crippen molar-refractivity contribution in [3.63, 3.8) is 0 Å². The van der Waals surface area contributed by atoms with E-state index in [0.29, 0.717) is 13.2 Å². The quantitative estimate of drug-likeness (QED) is 0.708. The molecule has 1 aliphatic heterocycles. The maximum Gasteiger partial charge on any atom is 0.310 e. The molecule has 148 valence electrons. The zero-order chi connectivity index (χ0) is 19.8. The monoisotopic (exact) mass is 375 g/mol. The van der Waals surface area contributed by atoms with E-state index in [-0.39, 0.29) is 36.8 Å². The minimum Gasteiger partial charge on any atom is -0.466 e. The Morgan fingerprint density at radius 2 is 2.00 bits per heavy atom. The lowest BCUT2D eigenvalue weighted by Gasteiger charge is -2.30. The summed E-state index contributed by atoms with van der Waals surface area (Å²) in [5.74, 6) is -0.870. The predicted molar refractivity (Wildman–Crippen MR) is 103 cm³/mol. The van der Waals surface area contributed by atoms with E-state index in [1.807, 2.05) is 36.9 Å². The zero-order valence-corrected chi connectivity index (χ0v) is 16.3. The van der Waals surface area contributed by atoms with Gasteiger partial charge < -0.3 is 15.4 Å². The van der Waals surface area contributed by atoms with E-state index in [9.17, 15) is 14.4 Å². The highest BCUT2D eigenvalue weighted by Crippen LogP contribution is 2.18. The van der Waals surface area contributed by atoms with Gasteiger partial charge in [-0.1, -0.05) is 12.1 Å². The van der Waals surface area contributed by atoms with E-state index in [4.69, 9.17) is 4.74 Å². The van der Waals surface area contributed by atoms with Gasteiger partial charge in [-0.05, 0) is 57.4 Å². The van der Waals surface area contributed by atoms with Crippen LogP contribution in [0.3, 0.4) is 0 Å². The number of nitrogens with zero attached hydrogens (tertiary/aromatic N) is 1. The fraction of sp³-hybridized carbons (Fsp3) is 0.550. The molecule has 0 radical (unpaired) electrons. The van der Waals surface area contributed by atoms with Crippen LogP contribution >= 0.6 is 0 Å². The molecule has 27 heavy (non-hydrogen) atoms. The summed E-state index contributed by atoms with van der Waals surface area (Å²) in [4.78, 5) is 38.0. The molecule has 2 amide bonds. The standard InChI is InChI=1S/C20H29N3O4/c1-4-27-20(26)16-8-6-10-23(12-16)13-19(25)21-11-18(24)22-17-9-5-7-14(2)15(17)3/h5,7,9,16H,4,6,8,10-13H2,1-3H3,(H,21,25)(H,22,24)/t16-/m0/s1. The van der Waals surface area contributed by atoms with E-state index in [2.05, 4.69) is 10.6 Å². The summed E-state index contributed by atoms with van der Waals surface area (Å²) in [6.07, 6.45) is 1.64. The van der Waals surface area contributed by atoms with Crippen LogP contribution in [0.2, 0.25) is 0 Å². The van der Waals surface area contributed by atoms with Crippen LogP contribution in [0.25, 0.3) is 0 Å². The molecule has 0 unspecified atom stereocenters. The van der Waals surface area contributed by atoms with E-state index in [1.165, 1.54) is 0 Å². The number of likely N-dealkylation sites (tertiary alicyclic amines) is 1. The third-order valence-corrected chi connectivity index (χ3v) is 4.82. The molecular weight excluding hydrogens is 346 g/mol. The summed E-state index contributed by atoms with van der Waals surface area (Å²) < 4.78 is 5.07. The number of esters is 1. The van der Waals surface area contributed by atoms with Gasteiger partial charge in [0, 0.05) is 12.2 Å². The normalized spacial score (nSPS) is 17.2. The number of piperidine rings is 1. The molecule has 0 aliphatic carbocycles. The third-order valence-electron chi connectivity index (χ3n) is 4.82. The molecule has 7 heteroatoms. The van der Waals surface area contributed by atoms with Gasteiger partial charge in [0.1, 0.15) is 0 Å². The lowest BCUT2D eigenvalue weighted by atomic mass is 9.98. The van der Waals surface area contributed by atoms with Gasteiger partial charge in [0.2, 0.25) is 11.8 Å². The smallest absolute Gasteiger partial charge is 0.310 e. The molecule has 1 aromatic carbocycles. The number of rotatable bonds is 7. The molecule has 7 nitrogen and oxygen atoms in total. The maximum atomic E-state index is 12.1. The van der Waals surface area contributed by atoms with Crippen molar-refractivity contribution in [1.82, 2.24) is 10.2 Å². The molecule has 0 bridgehead atoms. The van der Waals surface area contributed by atoms with Crippen molar-refractivity contribution in [2.24, 2.45) is 5.92 Å². The van der Waals surface area contributed by atoms with Crippen molar-refractivity contribution in [1.29, 1.82) is 0 Å². The van der Waals surface area contributed by atoms with Crippen LogP contribution in [0.4, 0.5) is 5.69 Å². The summed E-state index contributed by atoms with van der Waals surface area (Å²) in [6.45, 7) is 7.45. The second kappa shape index (κ2) is 10.1. The lowest BCUT2D eigenvalue weighted by Crippen LogP contribution is -2.45. The minimum absolute atomic E-state index is 0.0820. The molecular formula is C20H29N3O4. The van der Waals surface area contributed by atoms with E-state index in [1.54, 1.807) is 6.92 Å². The number of hydrogen-bond acceptors (Lipinski definition) is 5. The first-order chi connectivity index (χ1) is 12.9. The van der Waals surface area contributed by atoms with Crippen molar-refractivity contribution in [3.8, 4) is 0 Å². The molecule has 1 heterocycles. The van der Waals surface area contributed by atoms with Gasteiger partial charge in [0.05, 0.1) is 25.6 Å². The largest absolute Gasteiger partial charge is 0.466 e. The van der Waals surface area contributed by atoms with Gasteiger partial charge in [0.25, 0.3) is 0 Å². The molecule has 0 spiro atoms. The van der Waals surface area contributed by atoms with Crippen LogP contribution in [0.1, 0.15) is 30.9 Å². The summed E-state index contributed by atoms with van der Waals surface area (Å²) in [6, 6.07) is 5.70. The van der Waals surface area contributed by atoms with Gasteiger partial charge in [0.15, 0.2) is 0 Å². The molecule has 1 aliphatic rings. The van der Waals surface area contributed by atoms with Crippen LogP contribution in [0.5, 0.6) is 0 Å². The summed E-state index contributed by atoms with van der Waals surface area (Å²) in [5, 5.41) is 5.46. The lowest BCUT2D eigenvalue weighted by molar-refractivity contribution is -0.150. The first kappa shape index (κ1) is 20.9. The van der Waals surface area contributed by atoms with Crippen LogP contribution in [0, 0.1) is 19.8 Å². The van der Waals surface area contributed by atoms with Gasteiger partial charge in [-0.15, -0.1) is 0 Å². The van der Waals surface area contributed by atoms with Crippen molar-refractivity contribution >= 4 is 23.5 Å². The Morgan fingerprint density at radius 3 is 2.74 bits per heavy atom. The van der Waals surface area contributed by atoms with Gasteiger partial charge >= 0.3 is 5.97 Å². The third kappa shape index (κ3) is 6.36. The fourth-order valence-electron chi connectivity index (χ4n) is 3.17. The van der Waals surface area contributed by atoms with Crippen molar-refractivity contribution in [2.45, 2.75) is 33.6 Å². The first-order valence-electron chi connectivity index (χ1n) is 9.42. The molecule has 1 atom stereocenters. The number of nitrogens with one attached hydrogen (secondary N) is 2. The van der Waals surface area contributed by atoms with E-state index in [0.717, 1.165) is 36.2 Å². The van der Waals surface area contributed by atoms with Gasteiger partial charge in [-0.3, -0.25) is 19.3 Å². The molecule has 1 aromatic rings. The number of anilines is 1. The molecule has 2 N–H and O–H groups in total. The second-order valence-corrected chi connectivity index (χ2v) is 6.90. The number of hydrogen-bond donors (Lipinski definition) is 2. The molecule has 1 saturated heterocycles. The molecule has 0 aromatic heterocycles. The Bertz CT molecular complexity index is 690. The average molecular weight is 375 g/mol. The molecule has 0 saturated carbocycles. The minimum atomic E-state index is -0.264. The number of amides is 2. The maximum absolute atomic E-state index is 12.1. The van der Waals surface area contributed by atoms with Crippen LogP contribution in [0.15, 0.2) is 18.2 Å². The Morgan fingerprint density at radius 1 is 1.22 bits per heavy atom. The Hall–Kier alpha value is -2.41. The van der Waals surface area contributed by atoms with Crippen LogP contribution < -0.4 is 10.6 Å². The number of ether oxygens (including phenoxy) is 1. The number of carbonyl (C=O) groups is 3. The van der Waals surface area contributed by atoms with Gasteiger partial charge in [-0.25, -0.2) is 0 Å².